The lowest BCUT2D eigenvalue weighted by molar-refractivity contribution is 0.00400. The number of hydrogen-bond donors (Lipinski definition) is 1. The minimum atomic E-state index is -0.398. The van der Waals surface area contributed by atoms with E-state index in [-0.39, 0.29) is 6.09 Å². The van der Waals surface area contributed by atoms with Gasteiger partial charge in [-0.2, -0.15) is 0 Å². The van der Waals surface area contributed by atoms with Crippen LogP contribution in [0.25, 0.3) is 0 Å². The molecule has 3 fully saturated rings. The zero-order chi connectivity index (χ0) is 16.6. The van der Waals surface area contributed by atoms with Crippen molar-refractivity contribution in [1.29, 1.82) is 0 Å². The molecule has 1 aliphatic carbocycles. The van der Waals surface area contributed by atoms with Gasteiger partial charge in [0.2, 0.25) is 0 Å². The van der Waals surface area contributed by atoms with Crippen molar-refractivity contribution in [3.63, 3.8) is 0 Å². The van der Waals surface area contributed by atoms with E-state index in [4.69, 9.17) is 4.74 Å². The number of nitrogens with one attached hydrogen (secondary N) is 1. The molecule has 3 aliphatic rings. The van der Waals surface area contributed by atoms with Crippen LogP contribution in [0.15, 0.2) is 0 Å². The van der Waals surface area contributed by atoms with Gasteiger partial charge >= 0.3 is 6.09 Å². The van der Waals surface area contributed by atoms with E-state index in [1.165, 1.54) is 25.7 Å². The lowest BCUT2D eigenvalue weighted by Gasteiger charge is -2.41. The van der Waals surface area contributed by atoms with Gasteiger partial charge in [-0.15, -0.1) is 0 Å². The summed E-state index contributed by atoms with van der Waals surface area (Å²) in [5.41, 5.74) is -0.398. The molecule has 2 saturated heterocycles. The topological polar surface area (TPSA) is 41.6 Å². The summed E-state index contributed by atoms with van der Waals surface area (Å²) in [6.45, 7) is 8.22. The van der Waals surface area contributed by atoms with E-state index in [1.54, 1.807) is 0 Å². The summed E-state index contributed by atoms with van der Waals surface area (Å²) in [5.74, 6) is 0.901. The number of piperidine rings is 1. The zero-order valence-electron chi connectivity index (χ0n) is 15.3. The van der Waals surface area contributed by atoms with E-state index >= 15 is 0 Å². The van der Waals surface area contributed by atoms with E-state index in [0.29, 0.717) is 24.2 Å². The van der Waals surface area contributed by atoms with Crippen LogP contribution >= 0.6 is 0 Å². The van der Waals surface area contributed by atoms with Crippen LogP contribution < -0.4 is 5.32 Å². The molecule has 23 heavy (non-hydrogen) atoms. The number of amides is 1. The average molecular weight is 322 g/mol. The first-order valence-corrected chi connectivity index (χ1v) is 9.59. The summed E-state index contributed by atoms with van der Waals surface area (Å²) < 4.78 is 5.62. The highest BCUT2D eigenvalue weighted by Gasteiger charge is 2.45. The van der Waals surface area contributed by atoms with Crippen molar-refractivity contribution in [2.75, 3.05) is 0 Å². The fourth-order valence-electron chi connectivity index (χ4n) is 4.69. The molecular weight excluding hydrogens is 288 g/mol. The lowest BCUT2D eigenvalue weighted by Crippen LogP contribution is -2.54. The molecular formula is C19H34N2O2. The maximum Gasteiger partial charge on any atom is 0.410 e. The highest BCUT2D eigenvalue weighted by Crippen LogP contribution is 2.37. The second-order valence-corrected chi connectivity index (χ2v) is 9.06. The van der Waals surface area contributed by atoms with Crippen molar-refractivity contribution in [2.45, 2.75) is 109 Å². The molecule has 2 atom stereocenters. The number of carbonyl (C=O) groups excluding carboxylic acids is 1. The Bertz CT molecular complexity index is 410. The molecule has 1 saturated carbocycles. The lowest BCUT2D eigenvalue weighted by atomic mass is 9.86. The van der Waals surface area contributed by atoms with Gasteiger partial charge in [0.1, 0.15) is 5.60 Å². The Kier molecular flexibility index (Phi) is 4.91. The van der Waals surface area contributed by atoms with Crippen molar-refractivity contribution in [2.24, 2.45) is 5.92 Å². The number of carbonyl (C=O) groups is 1. The molecule has 4 heteroatoms. The first-order valence-electron chi connectivity index (χ1n) is 9.59. The molecule has 0 radical (unpaired) electrons. The zero-order valence-corrected chi connectivity index (χ0v) is 15.3. The first-order chi connectivity index (χ1) is 10.8. The van der Waals surface area contributed by atoms with Crippen LogP contribution in [0.5, 0.6) is 0 Å². The maximum absolute atomic E-state index is 12.5. The molecule has 2 unspecified atom stereocenters. The Balaban J connectivity index is 1.53. The molecule has 2 aliphatic heterocycles. The third kappa shape index (κ3) is 4.20. The molecule has 2 bridgehead atoms. The van der Waals surface area contributed by atoms with Gasteiger partial charge in [-0.05, 0) is 78.1 Å². The molecule has 2 heterocycles. The fraction of sp³-hybridized carbons (Fsp3) is 0.947. The molecule has 0 aromatic carbocycles. The highest BCUT2D eigenvalue weighted by atomic mass is 16.6. The van der Waals surface area contributed by atoms with Gasteiger partial charge in [-0.3, -0.25) is 0 Å². The van der Waals surface area contributed by atoms with E-state index in [9.17, 15) is 4.79 Å². The Morgan fingerprint density at radius 3 is 2.04 bits per heavy atom. The third-order valence-electron chi connectivity index (χ3n) is 5.82. The second kappa shape index (κ2) is 6.62. The van der Waals surface area contributed by atoms with Gasteiger partial charge in [0.05, 0.1) is 0 Å². The predicted molar refractivity (Wildman–Crippen MR) is 92.5 cm³/mol. The van der Waals surface area contributed by atoms with E-state index in [1.807, 2.05) is 25.7 Å². The van der Waals surface area contributed by atoms with Gasteiger partial charge in [-0.25, -0.2) is 4.79 Å². The summed E-state index contributed by atoms with van der Waals surface area (Å²) in [4.78, 5) is 14.5. The summed E-state index contributed by atoms with van der Waals surface area (Å²) >= 11 is 0. The summed E-state index contributed by atoms with van der Waals surface area (Å²) in [6.07, 6.45) is 9.75. The van der Waals surface area contributed by atoms with Gasteiger partial charge < -0.3 is 15.0 Å². The Morgan fingerprint density at radius 1 is 0.957 bits per heavy atom. The van der Waals surface area contributed by atoms with Crippen LogP contribution in [0.3, 0.4) is 0 Å². The molecule has 132 valence electrons. The molecule has 1 amide bonds. The fourth-order valence-corrected chi connectivity index (χ4v) is 4.69. The van der Waals surface area contributed by atoms with Crippen LogP contribution in [-0.2, 0) is 4.74 Å². The maximum atomic E-state index is 12.5. The van der Waals surface area contributed by atoms with Crippen molar-refractivity contribution in [3.8, 4) is 0 Å². The Labute approximate surface area is 141 Å². The number of rotatable bonds is 2. The first kappa shape index (κ1) is 17.1. The molecule has 0 spiro atoms. The number of nitrogens with zero attached hydrogens (tertiary/aromatic N) is 1. The quantitative estimate of drug-likeness (QED) is 0.832. The Hall–Kier alpha value is -0.770. The standard InChI is InChI=1S/C19H34N2O2/c1-13-5-7-14(8-6-13)20-15-11-16-9-10-17(12-15)21(16)18(22)23-19(2,3)4/h13-17,20H,5-12H2,1-4H3. The summed E-state index contributed by atoms with van der Waals surface area (Å²) in [6, 6.07) is 2.04. The molecule has 4 nitrogen and oxygen atoms in total. The van der Waals surface area contributed by atoms with Crippen molar-refractivity contribution in [3.05, 3.63) is 0 Å². The molecule has 0 aromatic rings. The molecule has 1 N–H and O–H groups in total. The van der Waals surface area contributed by atoms with Crippen molar-refractivity contribution < 1.29 is 9.53 Å². The monoisotopic (exact) mass is 322 g/mol. The number of fused-ring (bicyclic) bond motifs is 2. The largest absolute Gasteiger partial charge is 0.444 e. The van der Waals surface area contributed by atoms with Crippen LogP contribution in [-0.4, -0.2) is 40.8 Å². The molecule has 3 rings (SSSR count). The second-order valence-electron chi connectivity index (χ2n) is 9.06. The highest BCUT2D eigenvalue weighted by molar-refractivity contribution is 5.69. The van der Waals surface area contributed by atoms with Gasteiger partial charge in [-0.1, -0.05) is 6.92 Å². The van der Waals surface area contributed by atoms with E-state index in [2.05, 4.69) is 12.2 Å². The van der Waals surface area contributed by atoms with Gasteiger partial charge in [0.25, 0.3) is 0 Å². The van der Waals surface area contributed by atoms with E-state index < -0.39 is 5.60 Å². The van der Waals surface area contributed by atoms with Crippen LogP contribution in [0.2, 0.25) is 0 Å². The number of ether oxygens (including phenoxy) is 1. The SMILES string of the molecule is CC1CCC(NC2CC3CCC(C2)N3C(=O)OC(C)(C)C)CC1. The van der Waals surface area contributed by atoms with Crippen LogP contribution in [0.1, 0.15) is 79.1 Å². The molecule has 0 aromatic heterocycles. The van der Waals surface area contributed by atoms with Crippen molar-refractivity contribution >= 4 is 6.09 Å². The summed E-state index contributed by atoms with van der Waals surface area (Å²) in [7, 11) is 0. The van der Waals surface area contributed by atoms with E-state index in [0.717, 1.165) is 31.6 Å². The average Bonchev–Trinajstić information content (AvgIpc) is 2.72. The third-order valence-corrected chi connectivity index (χ3v) is 5.82. The van der Waals surface area contributed by atoms with Gasteiger partial charge in [0, 0.05) is 24.2 Å². The number of hydrogen-bond acceptors (Lipinski definition) is 3. The smallest absolute Gasteiger partial charge is 0.410 e. The predicted octanol–water partition coefficient (Wildman–Crippen LogP) is 4.09. The van der Waals surface area contributed by atoms with Crippen LogP contribution in [0, 0.1) is 5.92 Å². The summed E-state index contributed by atoms with van der Waals surface area (Å²) in [5, 5.41) is 3.91. The van der Waals surface area contributed by atoms with Gasteiger partial charge in [0.15, 0.2) is 0 Å². The minimum Gasteiger partial charge on any atom is -0.444 e. The van der Waals surface area contributed by atoms with Crippen LogP contribution in [0.4, 0.5) is 4.79 Å². The van der Waals surface area contributed by atoms with Crippen molar-refractivity contribution in [1.82, 2.24) is 10.2 Å². The Morgan fingerprint density at radius 2 is 1.52 bits per heavy atom. The normalized spacial score (nSPS) is 37.7. The minimum absolute atomic E-state index is 0.102.